The molecule has 1 aliphatic rings. The molecule has 0 aliphatic carbocycles. The summed E-state index contributed by atoms with van der Waals surface area (Å²) in [4.78, 5) is 24.8. The number of aryl methyl sites for hydroxylation is 1. The molecule has 1 saturated heterocycles. The average Bonchev–Trinajstić information content (AvgIpc) is 2.80. The van der Waals surface area contributed by atoms with E-state index in [-0.39, 0.29) is 18.5 Å². The molecule has 1 heterocycles. The predicted molar refractivity (Wildman–Crippen MR) is 87.6 cm³/mol. The molecule has 0 aromatic heterocycles. The van der Waals surface area contributed by atoms with Crippen LogP contribution in [0.1, 0.15) is 24.8 Å². The molecule has 2 amide bonds. The molecule has 21 heavy (non-hydrogen) atoms. The van der Waals surface area contributed by atoms with Gasteiger partial charge in [-0.05, 0) is 69.3 Å². The minimum Gasteiger partial charge on any atom is -0.481 e. The zero-order chi connectivity index (χ0) is 15.6. The maximum Gasteiger partial charge on any atom is 0.322 e. The van der Waals surface area contributed by atoms with Crippen LogP contribution in [0.3, 0.4) is 0 Å². The highest BCUT2D eigenvalue weighted by Gasteiger charge is 2.30. The van der Waals surface area contributed by atoms with Gasteiger partial charge in [-0.3, -0.25) is 4.79 Å². The van der Waals surface area contributed by atoms with Crippen molar-refractivity contribution >= 4 is 49.5 Å². The number of anilines is 1. The summed E-state index contributed by atoms with van der Waals surface area (Å²) in [5.41, 5.74) is 1.73. The van der Waals surface area contributed by atoms with Gasteiger partial charge in [-0.1, -0.05) is 0 Å². The number of rotatable bonds is 3. The Bertz CT molecular complexity index is 554. The third-order valence-electron chi connectivity index (χ3n) is 3.47. The number of carboxylic acids is 1. The Hall–Kier alpha value is -1.08. The van der Waals surface area contributed by atoms with E-state index in [4.69, 9.17) is 5.11 Å². The molecule has 7 heteroatoms. The number of aliphatic carboxylic acids is 1. The normalized spacial score (nSPS) is 17.9. The second-order valence-electron chi connectivity index (χ2n) is 5.12. The third-order valence-corrected chi connectivity index (χ3v) is 4.72. The van der Waals surface area contributed by atoms with Gasteiger partial charge in [0.1, 0.15) is 0 Å². The summed E-state index contributed by atoms with van der Waals surface area (Å²) >= 11 is 6.87. The van der Waals surface area contributed by atoms with E-state index in [2.05, 4.69) is 37.2 Å². The first-order valence-electron chi connectivity index (χ1n) is 6.63. The Labute approximate surface area is 140 Å². The molecule has 0 radical (unpaired) electrons. The number of urea groups is 1. The second-order valence-corrected chi connectivity index (χ2v) is 6.83. The molecule has 5 nitrogen and oxygen atoms in total. The molecular formula is C14H16Br2N2O3. The van der Waals surface area contributed by atoms with Crippen LogP contribution in [0.5, 0.6) is 0 Å². The Morgan fingerprint density at radius 1 is 1.38 bits per heavy atom. The van der Waals surface area contributed by atoms with Gasteiger partial charge >= 0.3 is 12.0 Å². The van der Waals surface area contributed by atoms with Crippen LogP contribution < -0.4 is 5.32 Å². The van der Waals surface area contributed by atoms with Gasteiger partial charge in [0.15, 0.2) is 0 Å². The standard InChI is InChI=1S/C14H16Br2N2O3/c1-8-5-10(15)13(11(16)6-8)17-14(21)18-4-2-3-9(18)7-12(19)20/h5-6,9H,2-4,7H2,1H3,(H,17,21)(H,19,20). The summed E-state index contributed by atoms with van der Waals surface area (Å²) in [5.74, 6) is -0.877. The lowest BCUT2D eigenvalue weighted by Crippen LogP contribution is -2.39. The number of amides is 2. The Kier molecular flexibility index (Phi) is 5.27. The summed E-state index contributed by atoms with van der Waals surface area (Å²) in [7, 11) is 0. The lowest BCUT2D eigenvalue weighted by Gasteiger charge is -2.24. The van der Waals surface area contributed by atoms with Crippen molar-refractivity contribution in [3.05, 3.63) is 26.6 Å². The zero-order valence-electron chi connectivity index (χ0n) is 11.5. The zero-order valence-corrected chi connectivity index (χ0v) is 14.7. The fraction of sp³-hybridized carbons (Fsp3) is 0.429. The van der Waals surface area contributed by atoms with Gasteiger partial charge < -0.3 is 15.3 Å². The lowest BCUT2D eigenvalue weighted by atomic mass is 10.1. The van der Waals surface area contributed by atoms with E-state index in [0.29, 0.717) is 12.2 Å². The van der Waals surface area contributed by atoms with Crippen LogP contribution in [0.2, 0.25) is 0 Å². The smallest absolute Gasteiger partial charge is 0.322 e. The quantitative estimate of drug-likeness (QED) is 0.777. The van der Waals surface area contributed by atoms with Crippen molar-refractivity contribution in [3.63, 3.8) is 0 Å². The molecule has 2 rings (SSSR count). The summed E-state index contributed by atoms with van der Waals surface area (Å²) in [6.45, 7) is 2.55. The van der Waals surface area contributed by atoms with Crippen LogP contribution in [-0.4, -0.2) is 34.6 Å². The molecular weight excluding hydrogens is 404 g/mol. The first-order chi connectivity index (χ1) is 9.88. The average molecular weight is 420 g/mol. The Morgan fingerprint density at radius 2 is 2.00 bits per heavy atom. The monoisotopic (exact) mass is 418 g/mol. The molecule has 114 valence electrons. The molecule has 1 fully saturated rings. The molecule has 1 aliphatic heterocycles. The molecule has 0 spiro atoms. The molecule has 1 aromatic rings. The van der Waals surface area contributed by atoms with Gasteiger partial charge in [-0.15, -0.1) is 0 Å². The molecule has 1 atom stereocenters. The van der Waals surface area contributed by atoms with Crippen molar-refractivity contribution in [2.24, 2.45) is 0 Å². The maximum atomic E-state index is 12.4. The van der Waals surface area contributed by atoms with E-state index in [9.17, 15) is 9.59 Å². The van der Waals surface area contributed by atoms with Crippen molar-refractivity contribution in [2.75, 3.05) is 11.9 Å². The highest BCUT2D eigenvalue weighted by atomic mass is 79.9. The van der Waals surface area contributed by atoms with Crippen LogP contribution in [-0.2, 0) is 4.79 Å². The van der Waals surface area contributed by atoms with Crippen molar-refractivity contribution < 1.29 is 14.7 Å². The second kappa shape index (κ2) is 6.79. The van der Waals surface area contributed by atoms with Crippen LogP contribution in [0.15, 0.2) is 21.1 Å². The van der Waals surface area contributed by atoms with Crippen LogP contribution >= 0.6 is 31.9 Å². The number of carbonyl (C=O) groups is 2. The number of carbonyl (C=O) groups excluding carboxylic acids is 1. The fourth-order valence-corrected chi connectivity index (χ4v) is 4.13. The summed E-state index contributed by atoms with van der Waals surface area (Å²) in [5, 5.41) is 11.8. The van der Waals surface area contributed by atoms with Crippen molar-refractivity contribution in [1.29, 1.82) is 0 Å². The number of likely N-dealkylation sites (tertiary alicyclic amines) is 1. The summed E-state index contributed by atoms with van der Waals surface area (Å²) in [6.07, 6.45) is 1.56. The lowest BCUT2D eigenvalue weighted by molar-refractivity contribution is -0.137. The van der Waals surface area contributed by atoms with E-state index >= 15 is 0 Å². The maximum absolute atomic E-state index is 12.4. The van der Waals surface area contributed by atoms with Crippen molar-refractivity contribution in [2.45, 2.75) is 32.2 Å². The predicted octanol–water partition coefficient (Wildman–Crippen LogP) is 3.99. The van der Waals surface area contributed by atoms with Crippen molar-refractivity contribution in [3.8, 4) is 0 Å². The Morgan fingerprint density at radius 3 is 2.57 bits per heavy atom. The molecule has 1 aromatic carbocycles. The minimum atomic E-state index is -0.877. The fourth-order valence-electron chi connectivity index (χ4n) is 2.51. The van der Waals surface area contributed by atoms with Gasteiger partial charge in [0.05, 0.1) is 12.1 Å². The van der Waals surface area contributed by atoms with Crippen LogP contribution in [0.4, 0.5) is 10.5 Å². The van der Waals surface area contributed by atoms with E-state index in [1.807, 2.05) is 19.1 Å². The first kappa shape index (κ1) is 16.3. The van der Waals surface area contributed by atoms with E-state index in [1.54, 1.807) is 4.90 Å². The number of hydrogen-bond acceptors (Lipinski definition) is 2. The SMILES string of the molecule is Cc1cc(Br)c(NC(=O)N2CCCC2CC(=O)O)c(Br)c1. The number of halogens is 2. The van der Waals surface area contributed by atoms with Crippen molar-refractivity contribution in [1.82, 2.24) is 4.90 Å². The first-order valence-corrected chi connectivity index (χ1v) is 8.22. The molecule has 0 saturated carbocycles. The number of hydrogen-bond donors (Lipinski definition) is 2. The number of nitrogens with zero attached hydrogens (tertiary/aromatic N) is 1. The Balaban J connectivity index is 2.13. The number of nitrogens with one attached hydrogen (secondary N) is 1. The van der Waals surface area contributed by atoms with Gasteiger partial charge in [-0.2, -0.15) is 0 Å². The van der Waals surface area contributed by atoms with Crippen LogP contribution in [0, 0.1) is 6.92 Å². The minimum absolute atomic E-state index is 0.0103. The van der Waals surface area contributed by atoms with Gasteiger partial charge in [0, 0.05) is 21.5 Å². The summed E-state index contributed by atoms with van der Waals surface area (Å²) in [6, 6.07) is 3.34. The van der Waals surface area contributed by atoms with Gasteiger partial charge in [-0.25, -0.2) is 4.79 Å². The molecule has 1 unspecified atom stereocenters. The van der Waals surface area contributed by atoms with Gasteiger partial charge in [0.25, 0.3) is 0 Å². The van der Waals surface area contributed by atoms with Crippen LogP contribution in [0.25, 0.3) is 0 Å². The van der Waals surface area contributed by atoms with E-state index in [1.165, 1.54) is 0 Å². The van der Waals surface area contributed by atoms with E-state index < -0.39 is 5.97 Å². The topological polar surface area (TPSA) is 69.6 Å². The van der Waals surface area contributed by atoms with Gasteiger partial charge in [0.2, 0.25) is 0 Å². The summed E-state index contributed by atoms with van der Waals surface area (Å²) < 4.78 is 1.58. The highest BCUT2D eigenvalue weighted by molar-refractivity contribution is 9.11. The third kappa shape index (κ3) is 3.97. The number of benzene rings is 1. The number of carboxylic acid groups (broad SMARTS) is 1. The molecule has 0 bridgehead atoms. The molecule has 2 N–H and O–H groups in total. The highest BCUT2D eigenvalue weighted by Crippen LogP contribution is 2.33. The largest absolute Gasteiger partial charge is 0.481 e. The van der Waals surface area contributed by atoms with E-state index in [0.717, 1.165) is 27.4 Å².